The van der Waals surface area contributed by atoms with Gasteiger partial charge in [-0.05, 0) is 55.8 Å². The van der Waals surface area contributed by atoms with E-state index < -0.39 is 23.8 Å². The molecule has 2 heterocycles. The quantitative estimate of drug-likeness (QED) is 0.171. The molecule has 0 radical (unpaired) electrons. The van der Waals surface area contributed by atoms with Gasteiger partial charge in [-0.2, -0.15) is 0 Å². The standard InChI is InChI=1S/C25H28Br4N2O6/c1-37-25(36)12(31-23(34)15-10-7-11(16(15)24(31)35)20(29)19(10)28)4-2-3-5-30-21(32)13-8-6-9(14(13)22(30)33)18(27)17(8)26/h8-20H,2-7H2,1H3/t8-,9-,10-,11-,12+,13-,14+,15-,16+,17-,18+,19-,20+/m1/s1. The van der Waals surface area contributed by atoms with Crippen molar-refractivity contribution in [3.63, 3.8) is 0 Å². The largest absolute Gasteiger partial charge is 0.467 e. The van der Waals surface area contributed by atoms with Crippen molar-refractivity contribution in [3.8, 4) is 0 Å². The maximum Gasteiger partial charge on any atom is 0.329 e. The molecule has 0 spiro atoms. The highest BCUT2D eigenvalue weighted by Crippen LogP contribution is 2.61. The summed E-state index contributed by atoms with van der Waals surface area (Å²) in [6, 6.07) is -0.985. The van der Waals surface area contributed by atoms with Crippen LogP contribution in [0.1, 0.15) is 32.1 Å². The lowest BCUT2D eigenvalue weighted by Crippen LogP contribution is -2.47. The SMILES string of the molecule is COC(=O)[C@H](CCCCN1C(=O)[C@@H]2[C@H]3C[C@@H]([C@H](Br)[C@@H]3Br)[C@@H]2C1=O)N1C(=O)[C@@H]2[C@H]3C[C@@H]([C@H](Br)[C@@H]3Br)[C@@H]2C1=O. The van der Waals surface area contributed by atoms with Gasteiger partial charge < -0.3 is 4.74 Å². The second kappa shape index (κ2) is 9.65. The molecule has 202 valence electrons. The van der Waals surface area contributed by atoms with Gasteiger partial charge in [0.15, 0.2) is 0 Å². The van der Waals surface area contributed by atoms with Crippen molar-refractivity contribution in [3.05, 3.63) is 0 Å². The fraction of sp³-hybridized carbons (Fsp3) is 0.800. The van der Waals surface area contributed by atoms with Crippen molar-refractivity contribution in [2.45, 2.75) is 57.5 Å². The highest BCUT2D eigenvalue weighted by molar-refractivity contribution is 9.12. The van der Waals surface area contributed by atoms with E-state index in [0.717, 1.165) is 17.7 Å². The molecule has 0 unspecified atom stereocenters. The number of carbonyl (C=O) groups is 5. The van der Waals surface area contributed by atoms with Gasteiger partial charge in [-0.1, -0.05) is 63.7 Å². The lowest BCUT2D eigenvalue weighted by Gasteiger charge is -2.28. The molecule has 6 aliphatic rings. The molecule has 13 atom stereocenters. The van der Waals surface area contributed by atoms with Gasteiger partial charge in [-0.15, -0.1) is 0 Å². The first-order valence-corrected chi connectivity index (χ1v) is 16.6. The van der Waals surface area contributed by atoms with Crippen LogP contribution in [-0.4, -0.2) is 78.4 Å². The summed E-state index contributed by atoms with van der Waals surface area (Å²) >= 11 is 14.8. The summed E-state index contributed by atoms with van der Waals surface area (Å²) in [6.45, 7) is 0.283. The fourth-order valence-corrected chi connectivity index (χ4v) is 12.2. The first-order chi connectivity index (χ1) is 17.6. The molecule has 4 amide bonds. The molecule has 6 rings (SSSR count). The number of rotatable bonds is 7. The van der Waals surface area contributed by atoms with E-state index in [-0.39, 0.29) is 91.4 Å². The van der Waals surface area contributed by atoms with E-state index in [1.54, 1.807) is 0 Å². The first kappa shape index (κ1) is 26.9. The Morgan fingerprint density at radius 1 is 0.757 bits per heavy atom. The Morgan fingerprint density at radius 3 is 1.57 bits per heavy atom. The van der Waals surface area contributed by atoms with Gasteiger partial charge in [0.1, 0.15) is 6.04 Å². The molecular weight excluding hydrogens is 744 g/mol. The van der Waals surface area contributed by atoms with Crippen molar-refractivity contribution in [1.29, 1.82) is 0 Å². The predicted molar refractivity (Wildman–Crippen MR) is 146 cm³/mol. The zero-order chi connectivity index (χ0) is 26.5. The number of unbranched alkanes of at least 4 members (excludes halogenated alkanes) is 1. The molecule has 4 aliphatic carbocycles. The zero-order valence-corrected chi connectivity index (χ0v) is 26.4. The second-order valence-corrected chi connectivity index (χ2v) is 15.6. The van der Waals surface area contributed by atoms with Crippen LogP contribution in [0.5, 0.6) is 0 Å². The summed E-state index contributed by atoms with van der Waals surface area (Å²) in [5, 5.41) is 0. The minimum atomic E-state index is -0.985. The summed E-state index contributed by atoms with van der Waals surface area (Å²) in [7, 11) is 1.26. The Morgan fingerprint density at radius 2 is 1.16 bits per heavy atom. The number of halogens is 4. The average Bonchev–Trinajstić information content (AvgIpc) is 3.68. The van der Waals surface area contributed by atoms with Gasteiger partial charge >= 0.3 is 5.97 Å². The van der Waals surface area contributed by atoms with Gasteiger partial charge in [-0.25, -0.2) is 4.79 Å². The molecule has 37 heavy (non-hydrogen) atoms. The molecular formula is C25H28Br4N2O6. The van der Waals surface area contributed by atoms with E-state index in [1.807, 2.05) is 0 Å². The molecule has 0 aromatic carbocycles. The van der Waals surface area contributed by atoms with E-state index in [2.05, 4.69) is 63.7 Å². The van der Waals surface area contributed by atoms with Gasteiger partial charge in [0.2, 0.25) is 23.6 Å². The molecule has 6 fully saturated rings. The van der Waals surface area contributed by atoms with E-state index in [0.29, 0.717) is 12.8 Å². The number of ether oxygens (including phenoxy) is 1. The predicted octanol–water partition coefficient (Wildman–Crippen LogP) is 3.25. The first-order valence-electron chi connectivity index (χ1n) is 13.0. The van der Waals surface area contributed by atoms with Crippen LogP contribution < -0.4 is 0 Å². The molecule has 12 heteroatoms. The third kappa shape index (κ3) is 3.69. The lowest BCUT2D eigenvalue weighted by atomic mass is 9.81. The van der Waals surface area contributed by atoms with Crippen LogP contribution in [0.15, 0.2) is 0 Å². The monoisotopic (exact) mass is 768 g/mol. The maximum atomic E-state index is 13.4. The van der Waals surface area contributed by atoms with Crippen molar-refractivity contribution in [2.75, 3.05) is 13.7 Å². The van der Waals surface area contributed by atoms with Crippen LogP contribution in [-0.2, 0) is 28.7 Å². The molecule has 0 aromatic rings. The van der Waals surface area contributed by atoms with Crippen LogP contribution in [0.2, 0.25) is 0 Å². The number of fused-ring (bicyclic) bond motifs is 10. The highest BCUT2D eigenvalue weighted by atomic mass is 79.9. The van der Waals surface area contributed by atoms with Crippen LogP contribution in [0, 0.1) is 47.3 Å². The number of methoxy groups -OCH3 is 1. The fourth-order valence-electron chi connectivity index (χ4n) is 8.41. The normalized spacial score (nSPS) is 46.3. The number of nitrogens with zero attached hydrogens (tertiary/aromatic N) is 2. The van der Waals surface area contributed by atoms with Crippen molar-refractivity contribution >= 4 is 93.3 Å². The Balaban J connectivity index is 1.10. The lowest BCUT2D eigenvalue weighted by molar-refractivity contribution is -0.157. The van der Waals surface area contributed by atoms with E-state index >= 15 is 0 Å². The number of amides is 4. The molecule has 8 nitrogen and oxygen atoms in total. The van der Waals surface area contributed by atoms with Crippen LogP contribution in [0.4, 0.5) is 0 Å². The molecule has 0 aromatic heterocycles. The van der Waals surface area contributed by atoms with Gasteiger partial charge in [0.25, 0.3) is 0 Å². The Bertz CT molecular complexity index is 1010. The summed E-state index contributed by atoms with van der Waals surface area (Å²) in [5.74, 6) is -2.13. The number of alkyl halides is 4. The topological polar surface area (TPSA) is 101 Å². The highest BCUT2D eigenvalue weighted by Gasteiger charge is 2.68. The maximum absolute atomic E-state index is 13.4. The van der Waals surface area contributed by atoms with Crippen LogP contribution in [0.3, 0.4) is 0 Å². The molecule has 4 saturated carbocycles. The van der Waals surface area contributed by atoms with Crippen molar-refractivity contribution in [1.82, 2.24) is 9.80 Å². The number of carbonyl (C=O) groups excluding carboxylic acids is 5. The Labute approximate surface area is 248 Å². The number of likely N-dealkylation sites (tertiary alicyclic amines) is 2. The van der Waals surface area contributed by atoms with Gasteiger partial charge in [0, 0.05) is 25.9 Å². The van der Waals surface area contributed by atoms with E-state index in [4.69, 9.17) is 4.74 Å². The van der Waals surface area contributed by atoms with Gasteiger partial charge in [-0.3, -0.25) is 29.0 Å². The van der Waals surface area contributed by atoms with E-state index in [9.17, 15) is 24.0 Å². The van der Waals surface area contributed by atoms with Crippen molar-refractivity contribution < 1.29 is 28.7 Å². The number of imide groups is 2. The number of hydrogen-bond acceptors (Lipinski definition) is 6. The second-order valence-electron chi connectivity index (χ2n) is 11.4. The zero-order valence-electron chi connectivity index (χ0n) is 20.1. The average molecular weight is 772 g/mol. The minimum Gasteiger partial charge on any atom is -0.467 e. The summed E-state index contributed by atoms with van der Waals surface area (Å²) in [6.07, 6.45) is 2.93. The van der Waals surface area contributed by atoms with E-state index in [1.165, 1.54) is 12.0 Å². The van der Waals surface area contributed by atoms with Crippen molar-refractivity contribution in [2.24, 2.45) is 47.3 Å². The Hall–Kier alpha value is -0.330. The van der Waals surface area contributed by atoms with Gasteiger partial charge in [0.05, 0.1) is 30.8 Å². The molecule has 4 bridgehead atoms. The third-order valence-electron chi connectivity index (χ3n) is 9.99. The molecule has 2 aliphatic heterocycles. The Kier molecular flexibility index (Phi) is 7.01. The smallest absolute Gasteiger partial charge is 0.329 e. The summed E-state index contributed by atoms with van der Waals surface area (Å²) in [5.41, 5.74) is 0. The molecule has 0 N–H and O–H groups in total. The van der Waals surface area contributed by atoms with Crippen LogP contribution in [0.25, 0.3) is 0 Å². The number of esters is 1. The minimum absolute atomic E-state index is 0.0688. The molecule has 2 saturated heterocycles. The summed E-state index contributed by atoms with van der Waals surface area (Å²) in [4.78, 5) is 69.0. The number of hydrogen-bond donors (Lipinski definition) is 0. The third-order valence-corrected chi connectivity index (χ3v) is 16.4. The summed E-state index contributed by atoms with van der Waals surface area (Å²) < 4.78 is 4.99. The van der Waals surface area contributed by atoms with Crippen LogP contribution >= 0.6 is 63.7 Å².